The van der Waals surface area contributed by atoms with Gasteiger partial charge in [0, 0.05) is 12.4 Å². The number of aromatic nitrogens is 4. The minimum absolute atomic E-state index is 0.219. The van der Waals surface area contributed by atoms with Gasteiger partial charge in [0.1, 0.15) is 0 Å². The molecule has 0 unspecified atom stereocenters. The summed E-state index contributed by atoms with van der Waals surface area (Å²) >= 11 is 0. The highest BCUT2D eigenvalue weighted by molar-refractivity contribution is 7.89. The third-order valence-corrected chi connectivity index (χ3v) is 4.78. The number of pyridine rings is 1. The summed E-state index contributed by atoms with van der Waals surface area (Å²) in [6.07, 6.45) is 0.00280. The van der Waals surface area contributed by atoms with Gasteiger partial charge in [-0.15, -0.1) is 5.10 Å². The van der Waals surface area contributed by atoms with Gasteiger partial charge in [-0.3, -0.25) is 4.98 Å². The average Bonchev–Trinajstić information content (AvgIpc) is 3.09. The SMILES string of the molecule is O=S(=O)(NCc1cn(-c2ccncc2)nn1)c1cccc(C(F)(F)F)c1. The second kappa shape index (κ2) is 6.84. The molecular formula is C15H12F3N5O2S. The van der Waals surface area contributed by atoms with Gasteiger partial charge in [0.05, 0.1) is 34.6 Å². The van der Waals surface area contributed by atoms with Crippen LogP contribution in [0, 0.1) is 0 Å². The van der Waals surface area contributed by atoms with E-state index in [2.05, 4.69) is 20.0 Å². The fraction of sp³-hybridized carbons (Fsp3) is 0.133. The predicted octanol–water partition coefficient (Wildman–Crippen LogP) is 2.16. The Morgan fingerprint density at radius 3 is 2.54 bits per heavy atom. The number of benzene rings is 1. The summed E-state index contributed by atoms with van der Waals surface area (Å²) in [6, 6.07) is 6.88. The molecule has 1 N–H and O–H groups in total. The minimum atomic E-state index is -4.63. The van der Waals surface area contributed by atoms with Gasteiger partial charge in [-0.25, -0.2) is 17.8 Å². The van der Waals surface area contributed by atoms with Crippen molar-refractivity contribution >= 4 is 10.0 Å². The van der Waals surface area contributed by atoms with Crippen LogP contribution in [-0.4, -0.2) is 28.4 Å². The van der Waals surface area contributed by atoms with E-state index in [1.807, 2.05) is 0 Å². The van der Waals surface area contributed by atoms with E-state index < -0.39 is 26.7 Å². The number of hydrogen-bond acceptors (Lipinski definition) is 5. The van der Waals surface area contributed by atoms with Crippen LogP contribution in [0.25, 0.3) is 5.69 Å². The maximum absolute atomic E-state index is 12.7. The molecule has 136 valence electrons. The molecule has 1 aromatic carbocycles. The fourth-order valence-electron chi connectivity index (χ4n) is 2.09. The summed E-state index contributed by atoms with van der Waals surface area (Å²) in [5, 5.41) is 7.69. The Morgan fingerprint density at radius 1 is 1.12 bits per heavy atom. The Hall–Kier alpha value is -2.79. The summed E-state index contributed by atoms with van der Waals surface area (Å²) in [6.45, 7) is -0.219. The monoisotopic (exact) mass is 383 g/mol. The zero-order valence-corrected chi connectivity index (χ0v) is 13.9. The standard InChI is InChI=1S/C15H12F3N5O2S/c16-15(17,18)11-2-1-3-14(8-11)26(24,25)20-9-12-10-23(22-21-12)13-4-6-19-7-5-13/h1-8,10,20H,9H2. The van der Waals surface area contributed by atoms with Gasteiger partial charge < -0.3 is 0 Å². The molecule has 3 aromatic rings. The summed E-state index contributed by atoms with van der Waals surface area (Å²) in [7, 11) is -4.13. The Balaban J connectivity index is 1.74. The van der Waals surface area contributed by atoms with E-state index in [9.17, 15) is 21.6 Å². The second-order valence-electron chi connectivity index (χ2n) is 5.21. The zero-order valence-electron chi connectivity index (χ0n) is 13.1. The number of nitrogens with zero attached hydrogens (tertiary/aromatic N) is 4. The number of halogens is 3. The normalized spacial score (nSPS) is 12.3. The van der Waals surface area contributed by atoms with Crippen molar-refractivity contribution in [1.29, 1.82) is 0 Å². The van der Waals surface area contributed by atoms with E-state index in [4.69, 9.17) is 0 Å². The van der Waals surface area contributed by atoms with E-state index >= 15 is 0 Å². The Morgan fingerprint density at radius 2 is 1.85 bits per heavy atom. The summed E-state index contributed by atoms with van der Waals surface area (Å²) in [4.78, 5) is 3.39. The van der Waals surface area contributed by atoms with E-state index in [-0.39, 0.29) is 6.54 Å². The third-order valence-electron chi connectivity index (χ3n) is 3.38. The first-order valence-electron chi connectivity index (χ1n) is 7.24. The quantitative estimate of drug-likeness (QED) is 0.729. The van der Waals surface area contributed by atoms with E-state index in [0.29, 0.717) is 17.4 Å². The minimum Gasteiger partial charge on any atom is -0.265 e. The molecular weight excluding hydrogens is 371 g/mol. The second-order valence-corrected chi connectivity index (χ2v) is 6.98. The number of sulfonamides is 1. The lowest BCUT2D eigenvalue weighted by molar-refractivity contribution is -0.137. The number of nitrogens with one attached hydrogen (secondary N) is 1. The van der Waals surface area contributed by atoms with Gasteiger partial charge in [0.25, 0.3) is 0 Å². The first-order chi connectivity index (χ1) is 12.3. The van der Waals surface area contributed by atoms with E-state index in [1.54, 1.807) is 24.5 Å². The highest BCUT2D eigenvalue weighted by Gasteiger charge is 2.31. The lowest BCUT2D eigenvalue weighted by Crippen LogP contribution is -2.24. The zero-order chi connectivity index (χ0) is 18.8. The lowest BCUT2D eigenvalue weighted by Gasteiger charge is -2.09. The molecule has 3 rings (SSSR count). The molecule has 0 atom stereocenters. The third kappa shape index (κ3) is 4.06. The van der Waals surface area contributed by atoms with Crippen molar-refractivity contribution in [2.45, 2.75) is 17.6 Å². The highest BCUT2D eigenvalue weighted by Crippen LogP contribution is 2.30. The molecule has 11 heteroatoms. The van der Waals surface area contributed by atoms with Crippen molar-refractivity contribution in [2.75, 3.05) is 0 Å². The number of hydrogen-bond donors (Lipinski definition) is 1. The van der Waals surface area contributed by atoms with Gasteiger partial charge in [-0.2, -0.15) is 13.2 Å². The predicted molar refractivity (Wildman–Crippen MR) is 84.6 cm³/mol. The fourth-order valence-corrected chi connectivity index (χ4v) is 3.14. The Labute approximate surface area is 146 Å². The van der Waals surface area contributed by atoms with Crippen LogP contribution < -0.4 is 4.72 Å². The highest BCUT2D eigenvalue weighted by atomic mass is 32.2. The van der Waals surface area contributed by atoms with Gasteiger partial charge >= 0.3 is 6.18 Å². The van der Waals surface area contributed by atoms with Crippen molar-refractivity contribution in [1.82, 2.24) is 24.7 Å². The molecule has 0 amide bonds. The van der Waals surface area contributed by atoms with Crippen LogP contribution in [0.5, 0.6) is 0 Å². The molecule has 0 aliphatic heterocycles. The molecule has 7 nitrogen and oxygen atoms in total. The smallest absolute Gasteiger partial charge is 0.265 e. The molecule has 2 heterocycles. The lowest BCUT2D eigenvalue weighted by atomic mass is 10.2. The first-order valence-corrected chi connectivity index (χ1v) is 8.72. The molecule has 0 saturated carbocycles. The van der Waals surface area contributed by atoms with Crippen LogP contribution in [0.2, 0.25) is 0 Å². The van der Waals surface area contributed by atoms with Gasteiger partial charge in [0.2, 0.25) is 10.0 Å². The molecule has 0 aliphatic rings. The molecule has 26 heavy (non-hydrogen) atoms. The molecule has 0 aliphatic carbocycles. The average molecular weight is 383 g/mol. The van der Waals surface area contributed by atoms with Crippen molar-refractivity contribution < 1.29 is 21.6 Å². The van der Waals surface area contributed by atoms with Crippen molar-refractivity contribution in [3.8, 4) is 5.69 Å². The van der Waals surface area contributed by atoms with Crippen LogP contribution in [0.3, 0.4) is 0 Å². The molecule has 0 spiro atoms. The van der Waals surface area contributed by atoms with Gasteiger partial charge in [-0.1, -0.05) is 11.3 Å². The summed E-state index contributed by atoms with van der Waals surface area (Å²) in [5.74, 6) is 0. The van der Waals surface area contributed by atoms with Crippen molar-refractivity contribution in [2.24, 2.45) is 0 Å². The maximum atomic E-state index is 12.7. The van der Waals surface area contributed by atoms with Gasteiger partial charge in [-0.05, 0) is 30.3 Å². The largest absolute Gasteiger partial charge is 0.416 e. The topological polar surface area (TPSA) is 89.8 Å². The van der Waals surface area contributed by atoms with Crippen LogP contribution in [-0.2, 0) is 22.7 Å². The molecule has 0 radical (unpaired) electrons. The van der Waals surface area contributed by atoms with Gasteiger partial charge in [0.15, 0.2) is 0 Å². The molecule has 0 bridgehead atoms. The van der Waals surface area contributed by atoms with Crippen LogP contribution in [0.4, 0.5) is 13.2 Å². The summed E-state index contributed by atoms with van der Waals surface area (Å²) in [5.41, 5.74) is -0.0548. The number of alkyl halides is 3. The summed E-state index contributed by atoms with van der Waals surface area (Å²) < 4.78 is 66.3. The Bertz CT molecular complexity index is 1000. The van der Waals surface area contributed by atoms with Crippen LogP contribution >= 0.6 is 0 Å². The van der Waals surface area contributed by atoms with Crippen molar-refractivity contribution in [3.63, 3.8) is 0 Å². The van der Waals surface area contributed by atoms with E-state index in [1.165, 1.54) is 10.9 Å². The maximum Gasteiger partial charge on any atom is 0.416 e. The molecule has 0 saturated heterocycles. The van der Waals surface area contributed by atoms with E-state index in [0.717, 1.165) is 18.2 Å². The van der Waals surface area contributed by atoms with Crippen molar-refractivity contribution in [3.05, 3.63) is 66.2 Å². The molecule has 0 fully saturated rings. The molecule has 2 aromatic heterocycles. The van der Waals surface area contributed by atoms with Crippen LogP contribution in [0.1, 0.15) is 11.3 Å². The Kier molecular flexibility index (Phi) is 4.74. The van der Waals surface area contributed by atoms with Crippen LogP contribution in [0.15, 0.2) is 59.9 Å². The number of rotatable bonds is 5. The first kappa shape index (κ1) is 18.0.